The van der Waals surface area contributed by atoms with Gasteiger partial charge in [-0.3, -0.25) is 9.59 Å². The van der Waals surface area contributed by atoms with Gasteiger partial charge in [-0.15, -0.1) is 11.8 Å². The Kier molecular flexibility index (Phi) is 5.63. The number of benzene rings is 1. The molecule has 0 aliphatic carbocycles. The van der Waals surface area contributed by atoms with Gasteiger partial charge in [-0.1, -0.05) is 30.3 Å². The zero-order chi connectivity index (χ0) is 17.8. The lowest BCUT2D eigenvalue weighted by Crippen LogP contribution is -2.57. The molecule has 25 heavy (non-hydrogen) atoms. The first kappa shape index (κ1) is 17.8. The van der Waals surface area contributed by atoms with Crippen LogP contribution in [-0.4, -0.2) is 51.0 Å². The van der Waals surface area contributed by atoms with E-state index in [1.54, 1.807) is 11.8 Å². The molecule has 134 valence electrons. The van der Waals surface area contributed by atoms with Crippen molar-refractivity contribution >= 4 is 29.5 Å². The number of carboxylic acids is 1. The third-order valence-electron chi connectivity index (χ3n) is 4.67. The van der Waals surface area contributed by atoms with E-state index in [4.69, 9.17) is 0 Å². The summed E-state index contributed by atoms with van der Waals surface area (Å²) in [4.78, 5) is 38.3. The third kappa shape index (κ3) is 4.15. The highest BCUT2D eigenvalue weighted by atomic mass is 32.2. The summed E-state index contributed by atoms with van der Waals surface area (Å²) in [6, 6.07) is 7.92. The Labute approximate surface area is 151 Å². The average Bonchev–Trinajstić information content (AvgIpc) is 2.75. The van der Waals surface area contributed by atoms with Crippen molar-refractivity contribution in [2.75, 3.05) is 5.75 Å². The molecule has 0 saturated carbocycles. The van der Waals surface area contributed by atoms with Gasteiger partial charge < -0.3 is 15.3 Å². The lowest BCUT2D eigenvalue weighted by molar-refractivity contribution is -0.154. The number of thioether (sulfide) groups is 1. The molecule has 1 aromatic carbocycles. The SMILES string of the molecule is O=C(Cc1ccccc1)NC1CCSC2CCCC(C(=O)O)N2C1=O. The van der Waals surface area contributed by atoms with Gasteiger partial charge in [0, 0.05) is 0 Å². The summed E-state index contributed by atoms with van der Waals surface area (Å²) in [6.45, 7) is 0. The van der Waals surface area contributed by atoms with Crippen LogP contribution in [0.2, 0.25) is 0 Å². The monoisotopic (exact) mass is 362 g/mol. The van der Waals surface area contributed by atoms with E-state index in [2.05, 4.69) is 5.32 Å². The number of fused-ring (bicyclic) bond motifs is 1. The van der Waals surface area contributed by atoms with Gasteiger partial charge in [-0.05, 0) is 37.0 Å². The Bertz CT molecular complexity index is 652. The Morgan fingerprint density at radius 2 is 1.96 bits per heavy atom. The number of carboxylic acid groups (broad SMARTS) is 1. The van der Waals surface area contributed by atoms with Crippen molar-refractivity contribution in [1.82, 2.24) is 10.2 Å². The maximum Gasteiger partial charge on any atom is 0.326 e. The number of carbonyl (C=O) groups is 3. The van der Waals surface area contributed by atoms with Crippen LogP contribution in [0.3, 0.4) is 0 Å². The summed E-state index contributed by atoms with van der Waals surface area (Å²) in [5.74, 6) is -0.703. The molecule has 0 radical (unpaired) electrons. The van der Waals surface area contributed by atoms with Crippen molar-refractivity contribution in [3.63, 3.8) is 0 Å². The maximum atomic E-state index is 12.9. The Hall–Kier alpha value is -2.02. The van der Waals surface area contributed by atoms with Crippen LogP contribution in [-0.2, 0) is 20.8 Å². The van der Waals surface area contributed by atoms with Gasteiger partial charge in [0.05, 0.1) is 11.8 Å². The molecule has 2 fully saturated rings. The molecule has 2 heterocycles. The van der Waals surface area contributed by atoms with Gasteiger partial charge in [0.25, 0.3) is 0 Å². The zero-order valence-electron chi connectivity index (χ0n) is 13.9. The van der Waals surface area contributed by atoms with E-state index >= 15 is 0 Å². The Morgan fingerprint density at radius 3 is 2.68 bits per heavy atom. The molecule has 7 heteroatoms. The second-order valence-corrected chi connectivity index (χ2v) is 7.71. The van der Waals surface area contributed by atoms with E-state index in [-0.39, 0.29) is 23.6 Å². The second kappa shape index (κ2) is 7.91. The number of piperidine rings is 1. The van der Waals surface area contributed by atoms with Gasteiger partial charge in [0.15, 0.2) is 0 Å². The number of nitrogens with zero attached hydrogens (tertiary/aromatic N) is 1. The van der Waals surface area contributed by atoms with E-state index in [9.17, 15) is 19.5 Å². The molecule has 3 unspecified atom stereocenters. The van der Waals surface area contributed by atoms with Crippen LogP contribution in [0.5, 0.6) is 0 Å². The molecule has 2 aliphatic rings. The molecule has 2 saturated heterocycles. The lowest BCUT2D eigenvalue weighted by Gasteiger charge is -2.39. The summed E-state index contributed by atoms with van der Waals surface area (Å²) >= 11 is 1.62. The number of hydrogen-bond acceptors (Lipinski definition) is 4. The minimum absolute atomic E-state index is 0.0987. The fourth-order valence-electron chi connectivity index (χ4n) is 3.45. The molecule has 2 aliphatic heterocycles. The molecule has 0 spiro atoms. The molecule has 2 amide bonds. The normalized spacial score (nSPS) is 26.5. The summed E-state index contributed by atoms with van der Waals surface area (Å²) in [5.41, 5.74) is 0.884. The first-order valence-corrected chi connectivity index (χ1v) is 9.61. The van der Waals surface area contributed by atoms with E-state index in [1.165, 1.54) is 4.90 Å². The topological polar surface area (TPSA) is 86.7 Å². The van der Waals surface area contributed by atoms with Gasteiger partial charge in [-0.25, -0.2) is 4.79 Å². The molecule has 0 bridgehead atoms. The van der Waals surface area contributed by atoms with E-state index < -0.39 is 18.1 Å². The number of amides is 2. The van der Waals surface area contributed by atoms with E-state index in [0.717, 1.165) is 24.2 Å². The number of nitrogens with one attached hydrogen (secondary N) is 1. The van der Waals surface area contributed by atoms with E-state index in [0.29, 0.717) is 12.8 Å². The van der Waals surface area contributed by atoms with Crippen molar-refractivity contribution in [3.8, 4) is 0 Å². The van der Waals surface area contributed by atoms with Crippen LogP contribution in [0.15, 0.2) is 30.3 Å². The Balaban J connectivity index is 1.70. The summed E-state index contributed by atoms with van der Waals surface area (Å²) in [5, 5.41) is 12.2. The van der Waals surface area contributed by atoms with Gasteiger partial charge >= 0.3 is 5.97 Å². The molecule has 1 aromatic rings. The van der Waals surface area contributed by atoms with Crippen molar-refractivity contribution in [2.45, 2.75) is 49.6 Å². The molecular weight excluding hydrogens is 340 g/mol. The minimum atomic E-state index is -0.963. The number of rotatable bonds is 4. The highest BCUT2D eigenvalue weighted by molar-refractivity contribution is 7.99. The molecule has 3 rings (SSSR count). The average molecular weight is 362 g/mol. The number of hydrogen-bond donors (Lipinski definition) is 2. The standard InChI is InChI=1S/C18H22N2O4S/c21-15(11-12-5-2-1-3-6-12)19-13-9-10-25-16-8-4-7-14(18(23)24)20(16)17(13)22/h1-3,5-6,13-14,16H,4,7-11H2,(H,19,21)(H,23,24). The number of carbonyl (C=O) groups excluding carboxylic acids is 2. The first-order chi connectivity index (χ1) is 12.1. The summed E-state index contributed by atoms with van der Waals surface area (Å²) in [6.07, 6.45) is 2.84. The van der Waals surface area contributed by atoms with Crippen molar-refractivity contribution in [1.29, 1.82) is 0 Å². The van der Waals surface area contributed by atoms with Crippen LogP contribution in [0.25, 0.3) is 0 Å². The molecular formula is C18H22N2O4S. The summed E-state index contributed by atoms with van der Waals surface area (Å²) in [7, 11) is 0. The minimum Gasteiger partial charge on any atom is -0.480 e. The Morgan fingerprint density at radius 1 is 1.20 bits per heavy atom. The molecule has 6 nitrogen and oxygen atoms in total. The highest BCUT2D eigenvalue weighted by Gasteiger charge is 2.42. The predicted molar refractivity (Wildman–Crippen MR) is 95.1 cm³/mol. The maximum absolute atomic E-state index is 12.9. The smallest absolute Gasteiger partial charge is 0.326 e. The zero-order valence-corrected chi connectivity index (χ0v) is 14.7. The van der Waals surface area contributed by atoms with Crippen LogP contribution in [0.4, 0.5) is 0 Å². The van der Waals surface area contributed by atoms with Crippen LogP contribution in [0, 0.1) is 0 Å². The largest absolute Gasteiger partial charge is 0.480 e. The van der Waals surface area contributed by atoms with Crippen molar-refractivity contribution < 1.29 is 19.5 Å². The quantitative estimate of drug-likeness (QED) is 0.850. The summed E-state index contributed by atoms with van der Waals surface area (Å²) < 4.78 is 0. The fourth-order valence-corrected chi connectivity index (χ4v) is 4.84. The van der Waals surface area contributed by atoms with Gasteiger partial charge in [0.1, 0.15) is 12.1 Å². The van der Waals surface area contributed by atoms with E-state index in [1.807, 2.05) is 30.3 Å². The van der Waals surface area contributed by atoms with Crippen molar-refractivity contribution in [3.05, 3.63) is 35.9 Å². The van der Waals surface area contributed by atoms with Crippen LogP contribution >= 0.6 is 11.8 Å². The highest BCUT2D eigenvalue weighted by Crippen LogP contribution is 2.34. The van der Waals surface area contributed by atoms with Gasteiger partial charge in [0.2, 0.25) is 11.8 Å². The predicted octanol–water partition coefficient (Wildman–Crippen LogP) is 1.64. The number of aliphatic carboxylic acids is 1. The van der Waals surface area contributed by atoms with Crippen LogP contribution < -0.4 is 5.32 Å². The first-order valence-electron chi connectivity index (χ1n) is 8.56. The fraction of sp³-hybridized carbons (Fsp3) is 0.500. The van der Waals surface area contributed by atoms with Gasteiger partial charge in [-0.2, -0.15) is 0 Å². The second-order valence-electron chi connectivity index (χ2n) is 6.43. The van der Waals surface area contributed by atoms with Crippen molar-refractivity contribution in [2.24, 2.45) is 0 Å². The third-order valence-corrected chi connectivity index (χ3v) is 5.99. The van der Waals surface area contributed by atoms with Crippen LogP contribution in [0.1, 0.15) is 31.2 Å². The lowest BCUT2D eigenvalue weighted by atomic mass is 10.00. The molecule has 0 aromatic heterocycles. The molecule has 2 N–H and O–H groups in total. The molecule has 3 atom stereocenters.